The number of hydrogen-bond acceptors (Lipinski definition) is 7. The molecule has 0 heterocycles. The van der Waals surface area contributed by atoms with E-state index < -0.39 is 6.10 Å². The van der Waals surface area contributed by atoms with Crippen LogP contribution in [0.2, 0.25) is 0 Å². The van der Waals surface area contributed by atoms with E-state index in [4.69, 9.17) is 30.6 Å². The minimum Gasteiger partial charge on any atom is -0.397 e. The van der Waals surface area contributed by atoms with Crippen LogP contribution in [0.3, 0.4) is 0 Å². The minimum atomic E-state index is -0.954. The average molecular weight is 244 g/mol. The lowest BCUT2D eigenvalue weighted by molar-refractivity contribution is 0.0450. The first-order valence-corrected chi connectivity index (χ1v) is 4.94. The summed E-state index contributed by atoms with van der Waals surface area (Å²) in [6, 6.07) is 0. The zero-order valence-corrected chi connectivity index (χ0v) is 9.62. The molecule has 0 aliphatic heterocycles. The Hall–Kier alpha value is -0.280. The van der Waals surface area contributed by atoms with Gasteiger partial charge >= 0.3 is 0 Å². The number of aliphatic hydroxyl groups excluding tert-OH is 6. The lowest BCUT2D eigenvalue weighted by atomic mass is 10.4. The molecule has 0 saturated heterocycles. The van der Waals surface area contributed by atoms with Gasteiger partial charge in [-0.2, -0.15) is 0 Å². The van der Waals surface area contributed by atoms with E-state index in [0.29, 0.717) is 13.2 Å². The van der Waals surface area contributed by atoms with Gasteiger partial charge in [-0.1, -0.05) is 0 Å². The van der Waals surface area contributed by atoms with Crippen LogP contribution in [-0.4, -0.2) is 83.0 Å². The molecular weight excluding hydrogens is 220 g/mol. The van der Waals surface area contributed by atoms with E-state index in [9.17, 15) is 0 Å². The molecule has 0 saturated carbocycles. The first kappa shape index (κ1) is 21.1. The fourth-order valence-electron chi connectivity index (χ4n) is 0.289. The maximum atomic E-state index is 8.17. The first-order valence-electron chi connectivity index (χ1n) is 4.94. The van der Waals surface area contributed by atoms with Crippen LogP contribution in [0.1, 0.15) is 6.92 Å². The summed E-state index contributed by atoms with van der Waals surface area (Å²) in [6.45, 7) is 1.90. The summed E-state index contributed by atoms with van der Waals surface area (Å²) in [5, 5.41) is 47.8. The van der Waals surface area contributed by atoms with E-state index in [2.05, 4.69) is 4.74 Å². The Morgan fingerprint density at radius 1 is 0.875 bits per heavy atom. The number of ether oxygens (including phenoxy) is 1. The number of rotatable bonds is 6. The van der Waals surface area contributed by atoms with Crippen molar-refractivity contribution in [3.63, 3.8) is 0 Å². The van der Waals surface area contributed by atoms with Crippen molar-refractivity contribution in [2.24, 2.45) is 0 Å². The predicted octanol–water partition coefficient (Wildman–Crippen LogP) is -2.68. The Morgan fingerprint density at radius 3 is 1.31 bits per heavy atom. The standard InChI is InChI=1S/C4H10O3.C3H8O3.C2H6O/c5-1-3-7-4-2-6;4-1-3(6)2-5;1-2-3/h5-6H,1-4H2;3-6H,1-2H2;3H,2H2,1H3. The Balaban J connectivity index is -0.000000172. The van der Waals surface area contributed by atoms with Gasteiger partial charge in [0.25, 0.3) is 0 Å². The molecule has 7 nitrogen and oxygen atoms in total. The van der Waals surface area contributed by atoms with Gasteiger partial charge in [-0.05, 0) is 6.92 Å². The van der Waals surface area contributed by atoms with Gasteiger partial charge in [0.15, 0.2) is 0 Å². The Labute approximate surface area is 95.5 Å². The molecule has 6 N–H and O–H groups in total. The first-order chi connectivity index (χ1) is 7.64. The predicted molar refractivity (Wildman–Crippen MR) is 57.9 cm³/mol. The highest BCUT2D eigenvalue weighted by molar-refractivity contribution is 4.44. The molecule has 0 fully saturated rings. The smallest absolute Gasteiger partial charge is 0.100 e. The van der Waals surface area contributed by atoms with Gasteiger partial charge in [0.05, 0.1) is 39.6 Å². The summed E-state index contributed by atoms with van der Waals surface area (Å²) in [5.41, 5.74) is 0. The van der Waals surface area contributed by atoms with Gasteiger partial charge in [0, 0.05) is 6.61 Å². The van der Waals surface area contributed by atoms with Crippen molar-refractivity contribution in [3.05, 3.63) is 0 Å². The summed E-state index contributed by atoms with van der Waals surface area (Å²) in [5.74, 6) is 0. The zero-order valence-electron chi connectivity index (χ0n) is 9.62. The van der Waals surface area contributed by atoms with Crippen LogP contribution in [0.25, 0.3) is 0 Å². The SMILES string of the molecule is CCO.OCC(O)CO.OCCOCCO. The molecule has 0 aromatic carbocycles. The zero-order chi connectivity index (χ0) is 13.2. The van der Waals surface area contributed by atoms with Crippen LogP contribution < -0.4 is 0 Å². The van der Waals surface area contributed by atoms with Crippen LogP contribution in [0.4, 0.5) is 0 Å². The van der Waals surface area contributed by atoms with Gasteiger partial charge in [-0.15, -0.1) is 0 Å². The van der Waals surface area contributed by atoms with Crippen molar-refractivity contribution in [1.29, 1.82) is 0 Å². The van der Waals surface area contributed by atoms with Crippen molar-refractivity contribution in [2.45, 2.75) is 13.0 Å². The second-order valence-corrected chi connectivity index (χ2v) is 2.39. The third kappa shape index (κ3) is 37.2. The minimum absolute atomic E-state index is 0.0278. The molecular formula is C9H24O7. The molecule has 0 radical (unpaired) electrons. The molecule has 0 rings (SSSR count). The molecule has 102 valence electrons. The number of hydrogen-bond donors (Lipinski definition) is 6. The third-order valence-electron chi connectivity index (χ3n) is 0.893. The van der Waals surface area contributed by atoms with Gasteiger partial charge in [-0.25, -0.2) is 0 Å². The van der Waals surface area contributed by atoms with Crippen molar-refractivity contribution in [3.8, 4) is 0 Å². The normalized spacial score (nSPS) is 9.00. The van der Waals surface area contributed by atoms with Crippen LogP contribution in [0, 0.1) is 0 Å². The molecule has 0 bridgehead atoms. The van der Waals surface area contributed by atoms with E-state index in [0.717, 1.165) is 0 Å². The van der Waals surface area contributed by atoms with E-state index in [-0.39, 0.29) is 33.0 Å². The van der Waals surface area contributed by atoms with Crippen molar-refractivity contribution >= 4 is 0 Å². The summed E-state index contributed by atoms with van der Waals surface area (Å²) in [4.78, 5) is 0. The quantitative estimate of drug-likeness (QED) is 0.281. The molecule has 0 aliphatic carbocycles. The van der Waals surface area contributed by atoms with Crippen molar-refractivity contribution in [1.82, 2.24) is 0 Å². The molecule has 0 aromatic heterocycles. The van der Waals surface area contributed by atoms with E-state index in [1.807, 2.05) is 0 Å². The Bertz CT molecular complexity index is 83.9. The molecule has 0 amide bonds. The summed E-state index contributed by atoms with van der Waals surface area (Å²) in [6.07, 6.45) is -0.954. The average Bonchev–Trinajstić information content (AvgIpc) is 2.30. The fraction of sp³-hybridized carbons (Fsp3) is 1.00. The summed E-state index contributed by atoms with van der Waals surface area (Å²) < 4.78 is 4.63. The van der Waals surface area contributed by atoms with E-state index in [1.165, 1.54) is 0 Å². The van der Waals surface area contributed by atoms with Gasteiger partial charge < -0.3 is 35.4 Å². The molecule has 0 aromatic rings. The second-order valence-electron chi connectivity index (χ2n) is 2.39. The lowest BCUT2D eigenvalue weighted by Crippen LogP contribution is -2.15. The lowest BCUT2D eigenvalue weighted by Gasteiger charge is -1.96. The van der Waals surface area contributed by atoms with Crippen LogP contribution in [-0.2, 0) is 4.74 Å². The van der Waals surface area contributed by atoms with Crippen LogP contribution in [0.15, 0.2) is 0 Å². The third-order valence-corrected chi connectivity index (χ3v) is 0.893. The van der Waals surface area contributed by atoms with Crippen molar-refractivity contribution in [2.75, 3.05) is 46.2 Å². The van der Waals surface area contributed by atoms with Gasteiger partial charge in [-0.3, -0.25) is 0 Å². The molecule has 0 spiro atoms. The molecule has 16 heavy (non-hydrogen) atoms. The fourth-order valence-corrected chi connectivity index (χ4v) is 0.289. The Kier molecular flexibility index (Phi) is 31.7. The van der Waals surface area contributed by atoms with Gasteiger partial charge in [0.1, 0.15) is 6.10 Å². The van der Waals surface area contributed by atoms with Crippen molar-refractivity contribution < 1.29 is 35.4 Å². The second kappa shape index (κ2) is 24.1. The monoisotopic (exact) mass is 244 g/mol. The largest absolute Gasteiger partial charge is 0.397 e. The van der Waals surface area contributed by atoms with Gasteiger partial charge in [0.2, 0.25) is 0 Å². The van der Waals surface area contributed by atoms with Crippen LogP contribution in [0.5, 0.6) is 0 Å². The molecule has 0 aliphatic rings. The Morgan fingerprint density at radius 2 is 1.19 bits per heavy atom. The van der Waals surface area contributed by atoms with E-state index >= 15 is 0 Å². The highest BCUT2D eigenvalue weighted by Gasteiger charge is 1.93. The molecule has 7 heteroatoms. The maximum Gasteiger partial charge on any atom is 0.100 e. The summed E-state index contributed by atoms with van der Waals surface area (Å²) in [7, 11) is 0. The highest BCUT2D eigenvalue weighted by Crippen LogP contribution is 1.71. The molecule has 0 atom stereocenters. The van der Waals surface area contributed by atoms with E-state index in [1.54, 1.807) is 6.92 Å². The van der Waals surface area contributed by atoms with Crippen LogP contribution >= 0.6 is 0 Å². The highest BCUT2D eigenvalue weighted by atomic mass is 16.5. The summed E-state index contributed by atoms with van der Waals surface area (Å²) >= 11 is 0. The number of aliphatic hydroxyl groups is 6. The topological polar surface area (TPSA) is 131 Å². The maximum absolute atomic E-state index is 8.17. The molecule has 0 unspecified atom stereocenters.